The maximum Gasteiger partial charge on any atom is 0.273 e. The first-order valence-corrected chi connectivity index (χ1v) is 7.35. The van der Waals surface area contributed by atoms with Crippen LogP contribution in [0.4, 0.5) is 11.4 Å². The van der Waals surface area contributed by atoms with Crippen molar-refractivity contribution in [2.75, 3.05) is 12.4 Å². The summed E-state index contributed by atoms with van der Waals surface area (Å²) < 4.78 is 5.28. The average molecular weight is 288 g/mol. The van der Waals surface area contributed by atoms with Crippen LogP contribution in [0.1, 0.15) is 19.8 Å². The molecule has 0 spiro atoms. The van der Waals surface area contributed by atoms with Crippen molar-refractivity contribution in [3.05, 3.63) is 40.5 Å². The number of ether oxygens (including phenoxy) is 1. The largest absolute Gasteiger partial charge is 0.494 e. The van der Waals surface area contributed by atoms with Gasteiger partial charge in [-0.25, -0.2) is 0 Å². The highest BCUT2D eigenvalue weighted by molar-refractivity contribution is 5.61. The highest BCUT2D eigenvalue weighted by atomic mass is 16.6. The highest BCUT2D eigenvalue weighted by Gasteiger charge is 2.38. The van der Waals surface area contributed by atoms with Gasteiger partial charge in [0.25, 0.3) is 5.69 Å². The summed E-state index contributed by atoms with van der Waals surface area (Å²) in [6.45, 7) is 2.18. The maximum atomic E-state index is 10.8. The number of hydrogen-bond donors (Lipinski definition) is 1. The molecular formula is C16H20N2O3. The van der Waals surface area contributed by atoms with Crippen molar-refractivity contribution in [2.24, 2.45) is 17.8 Å². The molecule has 0 aromatic heterocycles. The fourth-order valence-corrected chi connectivity index (χ4v) is 3.66. The summed E-state index contributed by atoms with van der Waals surface area (Å²) in [6, 6.07) is 5.03. The number of rotatable bonds is 5. The van der Waals surface area contributed by atoms with Gasteiger partial charge in [-0.15, -0.1) is 0 Å². The van der Waals surface area contributed by atoms with E-state index in [0.29, 0.717) is 23.6 Å². The molecule has 2 bridgehead atoms. The van der Waals surface area contributed by atoms with E-state index < -0.39 is 4.92 Å². The number of fused-ring (bicyclic) bond motifs is 2. The van der Waals surface area contributed by atoms with Crippen molar-refractivity contribution in [3.63, 3.8) is 0 Å². The van der Waals surface area contributed by atoms with E-state index in [1.807, 2.05) is 0 Å². The van der Waals surface area contributed by atoms with Crippen LogP contribution in [-0.4, -0.2) is 18.1 Å². The molecule has 0 aliphatic heterocycles. The van der Waals surface area contributed by atoms with Crippen LogP contribution in [-0.2, 0) is 0 Å². The lowest BCUT2D eigenvalue weighted by Gasteiger charge is -2.27. The lowest BCUT2D eigenvalue weighted by atomic mass is 9.87. The van der Waals surface area contributed by atoms with Gasteiger partial charge >= 0.3 is 0 Å². The molecule has 5 heteroatoms. The molecule has 1 aromatic rings. The molecule has 0 amide bonds. The number of nitrogens with one attached hydrogen (secondary N) is 1. The van der Waals surface area contributed by atoms with Crippen molar-refractivity contribution in [2.45, 2.75) is 25.8 Å². The van der Waals surface area contributed by atoms with E-state index in [1.165, 1.54) is 32.1 Å². The normalized spacial score (nSPS) is 27.6. The van der Waals surface area contributed by atoms with Crippen molar-refractivity contribution < 1.29 is 9.66 Å². The topological polar surface area (TPSA) is 64.4 Å². The minimum atomic E-state index is -0.406. The lowest BCUT2D eigenvalue weighted by molar-refractivity contribution is -0.384. The number of nitro groups is 1. The third kappa shape index (κ3) is 2.60. The predicted molar refractivity (Wildman–Crippen MR) is 81.6 cm³/mol. The molecule has 112 valence electrons. The molecule has 2 aliphatic rings. The first kappa shape index (κ1) is 13.9. The van der Waals surface area contributed by atoms with E-state index >= 15 is 0 Å². The molecule has 3 rings (SSSR count). The zero-order valence-electron chi connectivity index (χ0n) is 12.3. The molecule has 2 aliphatic carbocycles. The van der Waals surface area contributed by atoms with Crippen LogP contribution in [0.5, 0.6) is 5.75 Å². The number of non-ortho nitro benzene ring substituents is 1. The van der Waals surface area contributed by atoms with Gasteiger partial charge in [0.05, 0.1) is 23.8 Å². The van der Waals surface area contributed by atoms with Crippen LogP contribution in [0.25, 0.3) is 0 Å². The van der Waals surface area contributed by atoms with E-state index in [4.69, 9.17) is 4.74 Å². The fraction of sp³-hybridized carbons (Fsp3) is 0.500. The first-order valence-electron chi connectivity index (χ1n) is 7.35. The Balaban J connectivity index is 1.75. The van der Waals surface area contributed by atoms with Crippen molar-refractivity contribution in [1.82, 2.24) is 0 Å². The Kier molecular flexibility index (Phi) is 3.57. The summed E-state index contributed by atoms with van der Waals surface area (Å²) in [4.78, 5) is 10.4. The SMILES string of the molecule is COc1cc([N+](=O)[O-])ccc1NC(C)C1CC2C=CC1C2. The second-order valence-corrected chi connectivity index (χ2v) is 6.02. The molecule has 0 radical (unpaired) electrons. The monoisotopic (exact) mass is 288 g/mol. The van der Waals surface area contributed by atoms with Gasteiger partial charge in [-0.1, -0.05) is 12.2 Å². The van der Waals surface area contributed by atoms with Crippen LogP contribution in [0.2, 0.25) is 0 Å². The smallest absolute Gasteiger partial charge is 0.273 e. The molecule has 1 saturated carbocycles. The van der Waals surface area contributed by atoms with Crippen LogP contribution in [0, 0.1) is 27.9 Å². The summed E-state index contributed by atoms with van der Waals surface area (Å²) in [7, 11) is 1.54. The Labute approximate surface area is 124 Å². The van der Waals surface area contributed by atoms with Crippen LogP contribution in [0.15, 0.2) is 30.4 Å². The number of anilines is 1. The van der Waals surface area contributed by atoms with Crippen molar-refractivity contribution in [1.29, 1.82) is 0 Å². The van der Waals surface area contributed by atoms with Gasteiger partial charge < -0.3 is 10.1 Å². The van der Waals surface area contributed by atoms with Gasteiger partial charge in [0.1, 0.15) is 5.75 Å². The van der Waals surface area contributed by atoms with E-state index in [1.54, 1.807) is 6.07 Å². The first-order chi connectivity index (χ1) is 10.1. The van der Waals surface area contributed by atoms with Crippen molar-refractivity contribution >= 4 is 11.4 Å². The number of methoxy groups -OCH3 is 1. The lowest BCUT2D eigenvalue weighted by Crippen LogP contribution is -2.29. The Morgan fingerprint density at radius 2 is 2.19 bits per heavy atom. The minimum Gasteiger partial charge on any atom is -0.494 e. The molecule has 0 heterocycles. The number of allylic oxidation sites excluding steroid dienone is 2. The van der Waals surface area contributed by atoms with E-state index in [2.05, 4.69) is 24.4 Å². The molecule has 1 N–H and O–H groups in total. The van der Waals surface area contributed by atoms with Crippen LogP contribution >= 0.6 is 0 Å². The Morgan fingerprint density at radius 1 is 1.38 bits per heavy atom. The quantitative estimate of drug-likeness (QED) is 0.510. The minimum absolute atomic E-state index is 0.0490. The Morgan fingerprint density at radius 3 is 2.76 bits per heavy atom. The van der Waals surface area contributed by atoms with Gasteiger partial charge in [0, 0.05) is 12.1 Å². The van der Waals surface area contributed by atoms with Gasteiger partial charge in [-0.2, -0.15) is 0 Å². The van der Waals surface area contributed by atoms with Gasteiger partial charge in [-0.3, -0.25) is 10.1 Å². The molecule has 1 aromatic carbocycles. The summed E-state index contributed by atoms with van der Waals surface area (Å²) in [5, 5.41) is 14.3. The number of nitro benzene ring substituents is 1. The Hall–Kier alpha value is -2.04. The van der Waals surface area contributed by atoms with Gasteiger partial charge in [0.15, 0.2) is 0 Å². The van der Waals surface area contributed by atoms with Crippen LogP contribution < -0.4 is 10.1 Å². The second kappa shape index (κ2) is 5.39. The highest BCUT2D eigenvalue weighted by Crippen LogP contribution is 2.45. The maximum absolute atomic E-state index is 10.8. The Bertz CT molecular complexity index is 585. The van der Waals surface area contributed by atoms with E-state index in [0.717, 1.165) is 11.6 Å². The third-order valence-corrected chi connectivity index (χ3v) is 4.75. The summed E-state index contributed by atoms with van der Waals surface area (Å²) >= 11 is 0. The third-order valence-electron chi connectivity index (χ3n) is 4.75. The second-order valence-electron chi connectivity index (χ2n) is 6.02. The zero-order chi connectivity index (χ0) is 15.0. The molecule has 4 atom stereocenters. The number of nitrogens with zero attached hydrogens (tertiary/aromatic N) is 1. The van der Waals surface area contributed by atoms with Crippen LogP contribution in [0.3, 0.4) is 0 Å². The molecule has 1 fully saturated rings. The van der Waals surface area contributed by atoms with E-state index in [-0.39, 0.29) is 5.69 Å². The molecular weight excluding hydrogens is 268 g/mol. The molecule has 5 nitrogen and oxygen atoms in total. The molecule has 4 unspecified atom stereocenters. The summed E-state index contributed by atoms with van der Waals surface area (Å²) in [5.41, 5.74) is 0.871. The van der Waals surface area contributed by atoms with Crippen molar-refractivity contribution in [3.8, 4) is 5.75 Å². The summed E-state index contributed by atoms with van der Waals surface area (Å²) in [5.74, 6) is 2.55. The predicted octanol–water partition coefficient (Wildman–Crippen LogP) is 3.62. The summed E-state index contributed by atoms with van der Waals surface area (Å²) in [6.07, 6.45) is 7.17. The molecule has 21 heavy (non-hydrogen) atoms. The standard InChI is InChI=1S/C16H20N2O3/c1-10(14-8-11-3-4-12(14)7-11)17-15-6-5-13(18(19)20)9-16(15)21-2/h3-6,9-12,14,17H,7-8H2,1-2H3. The number of benzene rings is 1. The van der Waals surface area contributed by atoms with Gasteiger partial charge in [-0.05, 0) is 43.6 Å². The zero-order valence-corrected chi connectivity index (χ0v) is 12.3. The fourth-order valence-electron chi connectivity index (χ4n) is 3.66. The molecule has 0 saturated heterocycles. The van der Waals surface area contributed by atoms with Gasteiger partial charge in [0.2, 0.25) is 0 Å². The average Bonchev–Trinajstić information content (AvgIpc) is 3.10. The number of hydrogen-bond acceptors (Lipinski definition) is 4. The van der Waals surface area contributed by atoms with E-state index in [9.17, 15) is 10.1 Å².